The van der Waals surface area contributed by atoms with E-state index in [-0.39, 0.29) is 12.0 Å². The summed E-state index contributed by atoms with van der Waals surface area (Å²) >= 11 is 6.04. The van der Waals surface area contributed by atoms with Crippen LogP contribution in [-0.4, -0.2) is 29.7 Å². The molecule has 1 heterocycles. The Morgan fingerprint density at radius 2 is 2.29 bits per heavy atom. The van der Waals surface area contributed by atoms with Gasteiger partial charge in [-0.2, -0.15) is 0 Å². The molecule has 0 radical (unpaired) electrons. The van der Waals surface area contributed by atoms with Crippen molar-refractivity contribution in [1.82, 2.24) is 5.32 Å². The Kier molecular flexibility index (Phi) is 3.26. The Labute approximate surface area is 105 Å². The molecule has 1 aromatic carbocycles. The zero-order valence-corrected chi connectivity index (χ0v) is 10.3. The highest BCUT2D eigenvalue weighted by atomic mass is 35.5. The third-order valence-electron chi connectivity index (χ3n) is 3.08. The second kappa shape index (κ2) is 4.55. The molecule has 5 heteroatoms. The molecule has 1 aliphatic rings. The number of carbonyl (C=O) groups is 1. The number of anilines is 1. The van der Waals surface area contributed by atoms with Crippen LogP contribution in [0, 0.1) is 6.92 Å². The predicted molar refractivity (Wildman–Crippen MR) is 67.7 cm³/mol. The molecule has 0 unspecified atom stereocenters. The summed E-state index contributed by atoms with van der Waals surface area (Å²) in [5.74, 6) is -0.793. The van der Waals surface area contributed by atoms with E-state index in [1.54, 1.807) is 0 Å². The van der Waals surface area contributed by atoms with E-state index in [0.29, 0.717) is 18.1 Å². The molecule has 17 heavy (non-hydrogen) atoms. The van der Waals surface area contributed by atoms with Crippen molar-refractivity contribution in [2.24, 2.45) is 0 Å². The molecule has 4 nitrogen and oxygen atoms in total. The van der Waals surface area contributed by atoms with E-state index in [1.165, 1.54) is 0 Å². The van der Waals surface area contributed by atoms with Gasteiger partial charge in [0.05, 0.1) is 12.0 Å². The Morgan fingerprint density at radius 1 is 1.59 bits per heavy atom. The van der Waals surface area contributed by atoms with Crippen molar-refractivity contribution in [3.63, 3.8) is 0 Å². The molecular weight excluding hydrogens is 240 g/mol. The second-order valence-corrected chi connectivity index (χ2v) is 4.90. The van der Waals surface area contributed by atoms with Crippen molar-refractivity contribution < 1.29 is 9.90 Å². The summed E-state index contributed by atoms with van der Waals surface area (Å²) in [4.78, 5) is 10.9. The Hall–Kier alpha value is -1.26. The minimum absolute atomic E-state index is 0.103. The summed E-state index contributed by atoms with van der Waals surface area (Å²) in [5.41, 5.74) is 1.47. The Balaban J connectivity index is 2.18. The lowest BCUT2D eigenvalue weighted by molar-refractivity contribution is -0.138. The van der Waals surface area contributed by atoms with E-state index < -0.39 is 5.97 Å². The molecule has 0 spiro atoms. The van der Waals surface area contributed by atoms with Crippen LogP contribution in [0.1, 0.15) is 12.0 Å². The van der Waals surface area contributed by atoms with E-state index in [1.807, 2.05) is 25.1 Å². The van der Waals surface area contributed by atoms with Crippen LogP contribution >= 0.6 is 11.6 Å². The fourth-order valence-electron chi connectivity index (χ4n) is 2.00. The molecule has 0 aromatic heterocycles. The zero-order chi connectivity index (χ0) is 12.5. The molecule has 1 saturated heterocycles. The van der Waals surface area contributed by atoms with E-state index in [4.69, 9.17) is 16.7 Å². The monoisotopic (exact) mass is 254 g/mol. The number of halogens is 1. The average molecular weight is 255 g/mol. The number of hydrogen-bond donors (Lipinski definition) is 3. The van der Waals surface area contributed by atoms with Gasteiger partial charge in [0.2, 0.25) is 0 Å². The van der Waals surface area contributed by atoms with Crippen molar-refractivity contribution in [3.8, 4) is 0 Å². The minimum Gasteiger partial charge on any atom is -0.481 e. The first-order valence-electron chi connectivity index (χ1n) is 5.48. The molecule has 0 amide bonds. The molecule has 92 valence electrons. The standard InChI is InChI=1S/C12H15ClN2O2/c1-8-9(13)3-2-4-10(8)15-12(5-11(16)17)6-14-7-12/h2-4,14-15H,5-7H2,1H3,(H,16,17). The lowest BCUT2D eigenvalue weighted by atomic mass is 9.88. The van der Waals surface area contributed by atoms with Gasteiger partial charge in [-0.15, -0.1) is 0 Å². The van der Waals surface area contributed by atoms with Gasteiger partial charge in [-0.3, -0.25) is 4.79 Å². The minimum atomic E-state index is -0.793. The van der Waals surface area contributed by atoms with Crippen LogP contribution in [0.5, 0.6) is 0 Å². The maximum atomic E-state index is 10.9. The van der Waals surface area contributed by atoms with Crippen LogP contribution in [-0.2, 0) is 4.79 Å². The fourth-order valence-corrected chi connectivity index (χ4v) is 2.18. The van der Waals surface area contributed by atoms with Crippen LogP contribution in [0.2, 0.25) is 5.02 Å². The van der Waals surface area contributed by atoms with Gasteiger partial charge in [-0.05, 0) is 24.6 Å². The highest BCUT2D eigenvalue weighted by Gasteiger charge is 2.39. The van der Waals surface area contributed by atoms with E-state index in [0.717, 1.165) is 11.3 Å². The lowest BCUT2D eigenvalue weighted by Crippen LogP contribution is -2.65. The smallest absolute Gasteiger partial charge is 0.305 e. The van der Waals surface area contributed by atoms with Gasteiger partial charge in [-0.25, -0.2) is 0 Å². The maximum absolute atomic E-state index is 10.9. The van der Waals surface area contributed by atoms with Crippen molar-refractivity contribution in [3.05, 3.63) is 28.8 Å². The van der Waals surface area contributed by atoms with E-state index >= 15 is 0 Å². The topological polar surface area (TPSA) is 61.4 Å². The van der Waals surface area contributed by atoms with Gasteiger partial charge in [0, 0.05) is 23.8 Å². The summed E-state index contributed by atoms with van der Waals surface area (Å²) in [5, 5.41) is 16.0. The molecule has 2 rings (SSSR count). The highest BCUT2D eigenvalue weighted by molar-refractivity contribution is 6.31. The highest BCUT2D eigenvalue weighted by Crippen LogP contribution is 2.28. The number of hydrogen-bond acceptors (Lipinski definition) is 3. The van der Waals surface area contributed by atoms with Gasteiger partial charge in [-0.1, -0.05) is 17.7 Å². The van der Waals surface area contributed by atoms with Gasteiger partial charge in [0.25, 0.3) is 0 Å². The zero-order valence-electron chi connectivity index (χ0n) is 9.59. The molecule has 0 aliphatic carbocycles. The van der Waals surface area contributed by atoms with Crippen molar-refractivity contribution in [2.75, 3.05) is 18.4 Å². The Bertz CT molecular complexity index is 444. The number of carboxylic acids is 1. The Morgan fingerprint density at radius 3 is 2.82 bits per heavy atom. The maximum Gasteiger partial charge on any atom is 0.305 e. The van der Waals surface area contributed by atoms with Gasteiger partial charge >= 0.3 is 5.97 Å². The van der Waals surface area contributed by atoms with Crippen LogP contribution in [0.25, 0.3) is 0 Å². The first kappa shape index (κ1) is 12.2. The number of aliphatic carboxylic acids is 1. The van der Waals surface area contributed by atoms with E-state index in [9.17, 15) is 4.79 Å². The quantitative estimate of drug-likeness (QED) is 0.768. The second-order valence-electron chi connectivity index (χ2n) is 4.49. The van der Waals surface area contributed by atoms with Crippen LogP contribution in [0.4, 0.5) is 5.69 Å². The number of carboxylic acid groups (broad SMARTS) is 1. The first-order chi connectivity index (χ1) is 8.02. The molecule has 1 fully saturated rings. The fraction of sp³-hybridized carbons (Fsp3) is 0.417. The average Bonchev–Trinajstić information content (AvgIpc) is 2.21. The predicted octanol–water partition coefficient (Wildman–Crippen LogP) is 1.88. The SMILES string of the molecule is Cc1c(Cl)cccc1NC1(CC(=O)O)CNC1. The van der Waals surface area contributed by atoms with Crippen LogP contribution in [0.3, 0.4) is 0 Å². The lowest BCUT2D eigenvalue weighted by Gasteiger charge is -2.43. The number of benzene rings is 1. The molecule has 3 N–H and O–H groups in total. The summed E-state index contributed by atoms with van der Waals surface area (Å²) in [6.07, 6.45) is 0.103. The summed E-state index contributed by atoms with van der Waals surface area (Å²) in [7, 11) is 0. The number of rotatable bonds is 4. The first-order valence-corrected chi connectivity index (χ1v) is 5.86. The van der Waals surface area contributed by atoms with E-state index in [2.05, 4.69) is 10.6 Å². The molecule has 0 atom stereocenters. The molecule has 0 bridgehead atoms. The largest absolute Gasteiger partial charge is 0.481 e. The van der Waals surface area contributed by atoms with Gasteiger partial charge < -0.3 is 15.7 Å². The number of nitrogens with one attached hydrogen (secondary N) is 2. The molecule has 1 aliphatic heterocycles. The summed E-state index contributed by atoms with van der Waals surface area (Å²) < 4.78 is 0. The molecular formula is C12H15ClN2O2. The molecule has 1 aromatic rings. The normalized spacial score (nSPS) is 17.3. The van der Waals surface area contributed by atoms with Crippen molar-refractivity contribution in [1.29, 1.82) is 0 Å². The van der Waals surface area contributed by atoms with Gasteiger partial charge in [0.15, 0.2) is 0 Å². The third-order valence-corrected chi connectivity index (χ3v) is 3.49. The third kappa shape index (κ3) is 2.53. The van der Waals surface area contributed by atoms with Gasteiger partial charge in [0.1, 0.15) is 0 Å². The van der Waals surface area contributed by atoms with Crippen molar-refractivity contribution >= 4 is 23.3 Å². The summed E-state index contributed by atoms with van der Waals surface area (Å²) in [6.45, 7) is 3.24. The van der Waals surface area contributed by atoms with Crippen LogP contribution < -0.4 is 10.6 Å². The summed E-state index contributed by atoms with van der Waals surface area (Å²) in [6, 6.07) is 5.60. The van der Waals surface area contributed by atoms with Crippen molar-refractivity contribution in [2.45, 2.75) is 18.9 Å². The molecule has 0 saturated carbocycles. The van der Waals surface area contributed by atoms with Crippen LogP contribution in [0.15, 0.2) is 18.2 Å².